The molecule has 3 unspecified atom stereocenters. The van der Waals surface area contributed by atoms with Crippen molar-refractivity contribution in [1.29, 1.82) is 0 Å². The minimum Gasteiger partial charge on any atom is -0.458 e. The summed E-state index contributed by atoms with van der Waals surface area (Å²) < 4.78 is 29.4. The van der Waals surface area contributed by atoms with Gasteiger partial charge in [0, 0.05) is 11.8 Å². The van der Waals surface area contributed by atoms with Crippen molar-refractivity contribution in [3.05, 3.63) is 42.0 Å². The molecule has 0 spiro atoms. The van der Waals surface area contributed by atoms with Crippen LogP contribution in [0.4, 0.5) is 0 Å². The number of carbonyl (C=O) groups excluding carboxylic acids is 2. The minimum absolute atomic E-state index is 0.0776. The Bertz CT molecular complexity index is 1130. The number of hydrogen-bond donors (Lipinski definition) is 1. The van der Waals surface area contributed by atoms with Crippen LogP contribution in [0.3, 0.4) is 0 Å². The number of ketones is 1. The van der Waals surface area contributed by atoms with E-state index in [-0.39, 0.29) is 33.2 Å². The Morgan fingerprint density at radius 1 is 1.09 bits per heavy atom. The first kappa shape index (κ1) is 22.8. The highest BCUT2D eigenvalue weighted by Gasteiger charge is 2.60. The third-order valence-electron chi connectivity index (χ3n) is 9.60. The fourth-order valence-corrected chi connectivity index (χ4v) is 8.34. The third-order valence-corrected chi connectivity index (χ3v) is 10.5. The van der Waals surface area contributed by atoms with Crippen molar-refractivity contribution in [3.63, 3.8) is 0 Å². The lowest BCUT2D eigenvalue weighted by molar-refractivity contribution is -0.124. The smallest absolute Gasteiger partial charge is 0.338 e. The molecule has 4 aliphatic carbocycles. The van der Waals surface area contributed by atoms with Gasteiger partial charge in [-0.1, -0.05) is 26.0 Å². The molecule has 0 bridgehead atoms. The Labute approximate surface area is 196 Å². The number of esters is 1. The first-order chi connectivity index (χ1) is 15.5. The molecule has 0 radical (unpaired) electrons. The average Bonchev–Trinajstić information content (AvgIpc) is 3.10. The first-order valence-electron chi connectivity index (χ1n) is 12.1. The average molecular weight is 472 g/mol. The summed E-state index contributed by atoms with van der Waals surface area (Å²) in [6.45, 7) is 4.62. The normalized spacial score (nSPS) is 40.0. The number of ether oxygens (including phenoxy) is 1. The van der Waals surface area contributed by atoms with Gasteiger partial charge in [0.25, 0.3) is 0 Å². The molecule has 1 aromatic rings. The van der Waals surface area contributed by atoms with Crippen LogP contribution in [0.1, 0.15) is 69.2 Å². The second-order valence-corrected chi connectivity index (χ2v) is 12.7. The van der Waals surface area contributed by atoms with E-state index >= 15 is 0 Å². The van der Waals surface area contributed by atoms with Gasteiger partial charge < -0.3 is 4.74 Å². The summed E-state index contributed by atoms with van der Waals surface area (Å²) in [5.41, 5.74) is 0.222. The van der Waals surface area contributed by atoms with Crippen molar-refractivity contribution in [2.45, 2.75) is 69.8 Å². The predicted octanol–water partition coefficient (Wildman–Crippen LogP) is 4.25. The molecule has 2 N–H and O–H groups in total. The van der Waals surface area contributed by atoms with Gasteiger partial charge in [0.15, 0.2) is 5.78 Å². The van der Waals surface area contributed by atoms with E-state index in [0.29, 0.717) is 30.1 Å². The topological polar surface area (TPSA) is 104 Å². The van der Waals surface area contributed by atoms with Gasteiger partial charge in [-0.25, -0.2) is 18.4 Å². The lowest BCUT2D eigenvalue weighted by Gasteiger charge is -2.58. The molecule has 0 aromatic heterocycles. The maximum absolute atomic E-state index is 13.0. The lowest BCUT2D eigenvalue weighted by Crippen LogP contribution is -2.53. The standard InChI is InChI=1S/C26H33NO5S/c1-25-12-10-18(28)15-17(25)6-7-20-21-8-9-23(26(21,2)13-11-22(20)25)32-24(29)16-4-3-5-19(14-16)33(27,30)31/h3-5,10,12,14,17,20-23H,6-9,11,13,15H2,1-2H3,(H2,27,30,31)/t17-,20?,21?,22?,23-,25-,26-/m0/s1. The van der Waals surface area contributed by atoms with E-state index in [1.54, 1.807) is 6.07 Å². The van der Waals surface area contributed by atoms with E-state index < -0.39 is 16.0 Å². The van der Waals surface area contributed by atoms with Crippen molar-refractivity contribution in [2.75, 3.05) is 0 Å². The molecule has 7 atom stereocenters. The van der Waals surface area contributed by atoms with Gasteiger partial charge in [0.2, 0.25) is 10.0 Å². The van der Waals surface area contributed by atoms with Crippen LogP contribution in [0.2, 0.25) is 0 Å². The number of carbonyl (C=O) groups is 2. The quantitative estimate of drug-likeness (QED) is 0.664. The number of primary sulfonamides is 1. The first-order valence-corrected chi connectivity index (χ1v) is 13.6. The highest BCUT2D eigenvalue weighted by Crippen LogP contribution is 2.65. The second-order valence-electron chi connectivity index (χ2n) is 11.1. The Hall–Kier alpha value is -1.99. The van der Waals surface area contributed by atoms with Crippen LogP contribution in [0.5, 0.6) is 0 Å². The largest absolute Gasteiger partial charge is 0.458 e. The summed E-state index contributed by atoms with van der Waals surface area (Å²) in [7, 11) is -3.88. The highest BCUT2D eigenvalue weighted by molar-refractivity contribution is 7.89. The van der Waals surface area contributed by atoms with Crippen LogP contribution in [-0.4, -0.2) is 26.3 Å². The Kier molecular flexibility index (Phi) is 5.37. The molecule has 0 heterocycles. The van der Waals surface area contributed by atoms with Crippen molar-refractivity contribution >= 4 is 21.8 Å². The van der Waals surface area contributed by atoms with Crippen LogP contribution in [0.25, 0.3) is 0 Å². The molecule has 4 aliphatic rings. The number of benzene rings is 1. The predicted molar refractivity (Wildman–Crippen MR) is 124 cm³/mol. The SMILES string of the molecule is C[C@]12CCC3C(CC[C@H]4CC(=O)C=C[C@]34C)C1CC[C@@H]2OC(=O)c1cccc(S(N)(=O)=O)c1. The lowest BCUT2D eigenvalue weighted by atomic mass is 9.46. The van der Waals surface area contributed by atoms with Gasteiger partial charge in [-0.3, -0.25) is 4.79 Å². The molecule has 6 nitrogen and oxygen atoms in total. The number of rotatable bonds is 3. The molecule has 3 saturated carbocycles. The number of allylic oxidation sites excluding steroid dienone is 2. The fourth-order valence-electron chi connectivity index (χ4n) is 7.78. The monoisotopic (exact) mass is 471 g/mol. The number of sulfonamides is 1. The molecule has 33 heavy (non-hydrogen) atoms. The van der Waals surface area contributed by atoms with Crippen molar-refractivity contribution in [1.82, 2.24) is 0 Å². The second kappa shape index (κ2) is 7.77. The molecular formula is C26H33NO5S. The zero-order chi connectivity index (χ0) is 23.6. The van der Waals surface area contributed by atoms with Gasteiger partial charge in [0.1, 0.15) is 6.10 Å². The van der Waals surface area contributed by atoms with Gasteiger partial charge >= 0.3 is 5.97 Å². The summed E-state index contributed by atoms with van der Waals surface area (Å²) in [5, 5.41) is 5.22. The van der Waals surface area contributed by atoms with Crippen LogP contribution in [0, 0.1) is 34.5 Å². The molecule has 0 saturated heterocycles. The summed E-state index contributed by atoms with van der Waals surface area (Å²) in [6.07, 6.45) is 10.7. The maximum Gasteiger partial charge on any atom is 0.338 e. The van der Waals surface area contributed by atoms with E-state index in [0.717, 1.165) is 38.5 Å². The van der Waals surface area contributed by atoms with Crippen LogP contribution < -0.4 is 5.14 Å². The molecule has 5 rings (SSSR count). The number of hydrogen-bond acceptors (Lipinski definition) is 5. The van der Waals surface area contributed by atoms with E-state index in [1.165, 1.54) is 18.2 Å². The molecule has 7 heteroatoms. The summed E-state index contributed by atoms with van der Waals surface area (Å²) in [5.74, 6) is 1.86. The van der Waals surface area contributed by atoms with Crippen molar-refractivity contribution in [2.24, 2.45) is 39.6 Å². The minimum atomic E-state index is -3.88. The summed E-state index contributed by atoms with van der Waals surface area (Å²) >= 11 is 0. The van der Waals surface area contributed by atoms with Crippen LogP contribution in [0.15, 0.2) is 41.3 Å². The van der Waals surface area contributed by atoms with E-state index in [1.807, 2.05) is 6.08 Å². The summed E-state index contributed by atoms with van der Waals surface area (Å²) in [4.78, 5) is 24.9. The number of fused-ring (bicyclic) bond motifs is 5. The van der Waals surface area contributed by atoms with Gasteiger partial charge in [-0.15, -0.1) is 0 Å². The van der Waals surface area contributed by atoms with E-state index in [4.69, 9.17) is 9.88 Å². The van der Waals surface area contributed by atoms with Crippen molar-refractivity contribution < 1.29 is 22.7 Å². The molecule has 3 fully saturated rings. The molecular weight excluding hydrogens is 438 g/mol. The van der Waals surface area contributed by atoms with Crippen LogP contribution in [-0.2, 0) is 19.6 Å². The molecule has 0 aliphatic heterocycles. The van der Waals surface area contributed by atoms with Gasteiger partial charge in [-0.05, 0) is 91.9 Å². The van der Waals surface area contributed by atoms with E-state index in [9.17, 15) is 18.0 Å². The zero-order valence-electron chi connectivity index (χ0n) is 19.3. The summed E-state index contributed by atoms with van der Waals surface area (Å²) in [6, 6.07) is 5.76. The molecule has 1 aromatic carbocycles. The van der Waals surface area contributed by atoms with E-state index in [2.05, 4.69) is 19.9 Å². The molecule has 0 amide bonds. The third kappa shape index (κ3) is 3.68. The zero-order valence-corrected chi connectivity index (χ0v) is 20.1. The van der Waals surface area contributed by atoms with Gasteiger partial charge in [0.05, 0.1) is 10.5 Å². The van der Waals surface area contributed by atoms with Crippen LogP contribution >= 0.6 is 0 Å². The fraction of sp³-hybridized carbons (Fsp3) is 0.615. The highest BCUT2D eigenvalue weighted by atomic mass is 32.2. The van der Waals surface area contributed by atoms with Gasteiger partial charge in [-0.2, -0.15) is 0 Å². The Morgan fingerprint density at radius 3 is 2.64 bits per heavy atom. The maximum atomic E-state index is 13.0. The number of nitrogens with two attached hydrogens (primary N) is 1. The Balaban J connectivity index is 1.35. The van der Waals surface area contributed by atoms with Crippen molar-refractivity contribution in [3.8, 4) is 0 Å². The Morgan fingerprint density at radius 2 is 1.88 bits per heavy atom. The molecule has 178 valence electrons.